The van der Waals surface area contributed by atoms with Crippen molar-refractivity contribution in [1.29, 1.82) is 0 Å². The van der Waals surface area contributed by atoms with Crippen LogP contribution in [0.2, 0.25) is 0 Å². The van der Waals surface area contributed by atoms with Gasteiger partial charge in [-0.15, -0.1) is 0 Å². The van der Waals surface area contributed by atoms with Crippen molar-refractivity contribution < 1.29 is 19.5 Å². The first-order valence-electron chi connectivity index (χ1n) is 8.69. The fraction of sp³-hybridized carbons (Fsp3) is 0.526. The molecule has 0 bridgehead atoms. The van der Waals surface area contributed by atoms with Crippen molar-refractivity contribution in [2.45, 2.75) is 45.6 Å². The summed E-state index contributed by atoms with van der Waals surface area (Å²) in [5, 5.41) is 11.6. The van der Waals surface area contributed by atoms with Crippen LogP contribution in [0.15, 0.2) is 30.3 Å². The third-order valence-electron chi connectivity index (χ3n) is 4.72. The molecule has 2 N–H and O–H groups in total. The molecule has 1 fully saturated rings. The summed E-state index contributed by atoms with van der Waals surface area (Å²) in [7, 11) is 0. The van der Waals surface area contributed by atoms with Gasteiger partial charge in [0.05, 0.1) is 5.41 Å². The van der Waals surface area contributed by atoms with Crippen molar-refractivity contribution in [3.8, 4) is 0 Å². The van der Waals surface area contributed by atoms with Crippen LogP contribution in [0.1, 0.15) is 49.9 Å². The molecular formula is C19H26N2O4. The predicted octanol–water partition coefficient (Wildman–Crippen LogP) is 2.30. The number of piperidine rings is 1. The molecule has 6 heteroatoms. The molecule has 136 valence electrons. The van der Waals surface area contributed by atoms with Gasteiger partial charge in [0.1, 0.15) is 0 Å². The number of carboxylic acids is 1. The van der Waals surface area contributed by atoms with Crippen LogP contribution >= 0.6 is 0 Å². The van der Waals surface area contributed by atoms with E-state index >= 15 is 0 Å². The highest BCUT2D eigenvalue weighted by atomic mass is 16.4. The van der Waals surface area contributed by atoms with Gasteiger partial charge in [-0.3, -0.25) is 14.4 Å². The number of rotatable bonds is 6. The minimum Gasteiger partial charge on any atom is -0.481 e. The van der Waals surface area contributed by atoms with Crippen LogP contribution in [0, 0.1) is 5.41 Å². The van der Waals surface area contributed by atoms with E-state index in [2.05, 4.69) is 5.32 Å². The number of hydrogen-bond acceptors (Lipinski definition) is 3. The first-order valence-corrected chi connectivity index (χ1v) is 8.69. The van der Waals surface area contributed by atoms with Crippen molar-refractivity contribution in [2.75, 3.05) is 13.1 Å². The largest absolute Gasteiger partial charge is 0.481 e. The second-order valence-electron chi connectivity index (χ2n) is 7.06. The third kappa shape index (κ3) is 5.05. The zero-order chi connectivity index (χ0) is 18.4. The molecule has 1 aromatic rings. The maximum atomic E-state index is 12.7. The minimum absolute atomic E-state index is 0.0246. The first-order chi connectivity index (χ1) is 11.8. The van der Waals surface area contributed by atoms with Gasteiger partial charge < -0.3 is 15.3 Å². The Morgan fingerprint density at radius 2 is 1.96 bits per heavy atom. The lowest BCUT2D eigenvalue weighted by molar-refractivity contribution is -0.138. The number of amides is 2. The number of likely N-dealkylation sites (tertiary alicyclic amines) is 1. The smallest absolute Gasteiger partial charge is 0.303 e. The Balaban J connectivity index is 1.99. The Bertz CT molecular complexity index is 632. The maximum absolute atomic E-state index is 12.7. The van der Waals surface area contributed by atoms with Gasteiger partial charge in [0.25, 0.3) is 5.91 Å². The van der Waals surface area contributed by atoms with Crippen molar-refractivity contribution in [3.05, 3.63) is 35.9 Å². The topological polar surface area (TPSA) is 86.7 Å². The van der Waals surface area contributed by atoms with Crippen molar-refractivity contribution >= 4 is 17.8 Å². The molecule has 2 rings (SSSR count). The van der Waals surface area contributed by atoms with E-state index in [4.69, 9.17) is 5.11 Å². The van der Waals surface area contributed by atoms with E-state index in [9.17, 15) is 14.4 Å². The molecule has 2 unspecified atom stereocenters. The summed E-state index contributed by atoms with van der Waals surface area (Å²) in [6, 6.07) is 8.87. The standard InChI is InChI=1S/C19H26N2O4/c1-14(9-10-16(22)23)20-18(25)19(2)11-6-12-21(13-19)17(24)15-7-4-3-5-8-15/h3-5,7-8,14H,6,9-13H2,1-2H3,(H,20,25)(H,22,23). The zero-order valence-corrected chi connectivity index (χ0v) is 14.8. The summed E-state index contributed by atoms with van der Waals surface area (Å²) in [4.78, 5) is 37.7. The summed E-state index contributed by atoms with van der Waals surface area (Å²) < 4.78 is 0. The van der Waals surface area contributed by atoms with E-state index in [1.54, 1.807) is 24.0 Å². The molecule has 1 heterocycles. The first kappa shape index (κ1) is 19.0. The van der Waals surface area contributed by atoms with E-state index in [-0.39, 0.29) is 24.3 Å². The van der Waals surface area contributed by atoms with Crippen LogP contribution in [0.5, 0.6) is 0 Å². The van der Waals surface area contributed by atoms with Crippen LogP contribution in [-0.4, -0.2) is 46.9 Å². The molecule has 1 saturated heterocycles. The summed E-state index contributed by atoms with van der Waals surface area (Å²) in [5.74, 6) is -1.04. The Kier molecular flexibility index (Phi) is 6.17. The second kappa shape index (κ2) is 8.14. The van der Waals surface area contributed by atoms with Gasteiger partial charge in [-0.2, -0.15) is 0 Å². The molecule has 1 aliphatic rings. The molecule has 0 saturated carbocycles. The summed E-state index contributed by atoms with van der Waals surface area (Å²) in [5.41, 5.74) is -0.0258. The van der Waals surface area contributed by atoms with Gasteiger partial charge in [-0.05, 0) is 45.2 Å². The quantitative estimate of drug-likeness (QED) is 0.827. The highest BCUT2D eigenvalue weighted by Crippen LogP contribution is 2.30. The van der Waals surface area contributed by atoms with E-state index in [0.29, 0.717) is 31.5 Å². The van der Waals surface area contributed by atoms with Gasteiger partial charge in [0.15, 0.2) is 0 Å². The molecule has 0 aliphatic carbocycles. The molecule has 2 atom stereocenters. The zero-order valence-electron chi connectivity index (χ0n) is 14.8. The molecule has 25 heavy (non-hydrogen) atoms. The molecule has 1 aliphatic heterocycles. The minimum atomic E-state index is -0.871. The normalized spacial score (nSPS) is 21.4. The lowest BCUT2D eigenvalue weighted by Crippen LogP contribution is -2.53. The van der Waals surface area contributed by atoms with Crippen LogP contribution in [0.25, 0.3) is 0 Å². The molecule has 1 aromatic carbocycles. The molecule has 6 nitrogen and oxygen atoms in total. The number of nitrogens with one attached hydrogen (secondary N) is 1. The Labute approximate surface area is 148 Å². The maximum Gasteiger partial charge on any atom is 0.303 e. The van der Waals surface area contributed by atoms with Crippen LogP contribution in [0.4, 0.5) is 0 Å². The summed E-state index contributed by atoms with van der Waals surface area (Å²) >= 11 is 0. The fourth-order valence-electron chi connectivity index (χ4n) is 3.17. The number of benzene rings is 1. The summed E-state index contributed by atoms with van der Waals surface area (Å²) in [6.45, 7) is 4.69. The Morgan fingerprint density at radius 3 is 2.60 bits per heavy atom. The van der Waals surface area contributed by atoms with Crippen LogP contribution < -0.4 is 5.32 Å². The number of carbonyl (C=O) groups is 3. The molecule has 0 radical (unpaired) electrons. The van der Waals surface area contributed by atoms with Crippen LogP contribution in [-0.2, 0) is 9.59 Å². The highest BCUT2D eigenvalue weighted by molar-refractivity contribution is 5.95. The SMILES string of the molecule is CC(CCC(=O)O)NC(=O)C1(C)CCCN(C(=O)c2ccccc2)C1. The predicted molar refractivity (Wildman–Crippen MR) is 94.2 cm³/mol. The third-order valence-corrected chi connectivity index (χ3v) is 4.72. The average Bonchev–Trinajstić information content (AvgIpc) is 2.60. The van der Waals surface area contributed by atoms with E-state index < -0.39 is 11.4 Å². The fourth-order valence-corrected chi connectivity index (χ4v) is 3.17. The van der Waals surface area contributed by atoms with Crippen LogP contribution in [0.3, 0.4) is 0 Å². The van der Waals surface area contributed by atoms with Gasteiger partial charge in [0, 0.05) is 31.1 Å². The number of carbonyl (C=O) groups excluding carboxylic acids is 2. The number of nitrogens with zero attached hydrogens (tertiary/aromatic N) is 1. The lowest BCUT2D eigenvalue weighted by atomic mass is 9.80. The summed E-state index contributed by atoms with van der Waals surface area (Å²) in [6.07, 6.45) is 1.90. The second-order valence-corrected chi connectivity index (χ2v) is 7.06. The van der Waals surface area contributed by atoms with Crippen molar-refractivity contribution in [3.63, 3.8) is 0 Å². The van der Waals surface area contributed by atoms with Gasteiger partial charge in [-0.25, -0.2) is 0 Å². The number of aliphatic carboxylic acids is 1. The number of hydrogen-bond donors (Lipinski definition) is 2. The van der Waals surface area contributed by atoms with Gasteiger partial charge >= 0.3 is 5.97 Å². The van der Waals surface area contributed by atoms with E-state index in [1.165, 1.54) is 0 Å². The lowest BCUT2D eigenvalue weighted by Gasteiger charge is -2.40. The molecule has 0 aromatic heterocycles. The Hall–Kier alpha value is -2.37. The van der Waals surface area contributed by atoms with E-state index in [1.807, 2.05) is 25.1 Å². The van der Waals surface area contributed by atoms with Gasteiger partial charge in [-0.1, -0.05) is 18.2 Å². The molecule has 2 amide bonds. The molecular weight excluding hydrogens is 320 g/mol. The monoisotopic (exact) mass is 346 g/mol. The Morgan fingerprint density at radius 1 is 1.28 bits per heavy atom. The highest BCUT2D eigenvalue weighted by Gasteiger charge is 2.39. The average molecular weight is 346 g/mol. The number of carboxylic acid groups (broad SMARTS) is 1. The van der Waals surface area contributed by atoms with Gasteiger partial charge in [0.2, 0.25) is 5.91 Å². The van der Waals surface area contributed by atoms with E-state index in [0.717, 1.165) is 6.42 Å². The van der Waals surface area contributed by atoms with Crippen molar-refractivity contribution in [1.82, 2.24) is 10.2 Å². The van der Waals surface area contributed by atoms with Crippen molar-refractivity contribution in [2.24, 2.45) is 5.41 Å². The molecule has 0 spiro atoms.